The number of fused-ring (bicyclic) bond motifs is 1. The minimum Gasteiger partial charge on any atom is -0.497 e. The van der Waals surface area contributed by atoms with Crippen molar-refractivity contribution >= 4 is 16.9 Å². The number of aromatic nitrogens is 4. The molecule has 0 radical (unpaired) electrons. The summed E-state index contributed by atoms with van der Waals surface area (Å²) in [7, 11) is 1.67. The molecular weight excluding hydrogens is 386 g/mol. The van der Waals surface area contributed by atoms with Gasteiger partial charge in [0.1, 0.15) is 22.6 Å². The summed E-state index contributed by atoms with van der Waals surface area (Å²) in [5.41, 5.74) is 4.04. The van der Waals surface area contributed by atoms with E-state index in [1.807, 2.05) is 46.6 Å². The van der Waals surface area contributed by atoms with Crippen LogP contribution in [0, 0.1) is 0 Å². The molecule has 1 saturated heterocycles. The van der Waals surface area contributed by atoms with Crippen LogP contribution in [0.3, 0.4) is 0 Å². The molecule has 1 aromatic carbocycles. The van der Waals surface area contributed by atoms with Crippen LogP contribution in [-0.2, 0) is 11.3 Å². The van der Waals surface area contributed by atoms with Gasteiger partial charge in [0.15, 0.2) is 0 Å². The summed E-state index contributed by atoms with van der Waals surface area (Å²) in [5, 5.41) is 11.9. The van der Waals surface area contributed by atoms with E-state index in [9.17, 15) is 0 Å². The Morgan fingerprint density at radius 2 is 2.03 bits per heavy atom. The highest BCUT2D eigenvalue weighted by atomic mass is 32.1. The zero-order valence-electron chi connectivity index (χ0n) is 16.1. The van der Waals surface area contributed by atoms with Crippen LogP contribution in [0.5, 0.6) is 5.75 Å². The Morgan fingerprint density at radius 3 is 2.83 bits per heavy atom. The Labute approximate surface area is 172 Å². The Kier molecular flexibility index (Phi) is 4.97. The average Bonchev–Trinajstić information content (AvgIpc) is 3.43. The fourth-order valence-electron chi connectivity index (χ4n) is 3.63. The van der Waals surface area contributed by atoms with E-state index in [-0.39, 0.29) is 6.10 Å². The number of hydrogen-bond donors (Lipinski definition) is 0. The number of nitrogens with zero attached hydrogens (tertiary/aromatic N) is 5. The van der Waals surface area contributed by atoms with Gasteiger partial charge < -0.3 is 9.47 Å². The van der Waals surface area contributed by atoms with Crippen molar-refractivity contribution in [2.75, 3.05) is 26.8 Å². The first-order valence-electron chi connectivity index (χ1n) is 9.52. The van der Waals surface area contributed by atoms with Crippen molar-refractivity contribution in [3.05, 3.63) is 64.9 Å². The zero-order valence-corrected chi connectivity index (χ0v) is 16.9. The van der Waals surface area contributed by atoms with Crippen molar-refractivity contribution < 1.29 is 9.47 Å². The van der Waals surface area contributed by atoms with E-state index in [2.05, 4.69) is 32.3 Å². The molecule has 4 aromatic rings. The summed E-state index contributed by atoms with van der Waals surface area (Å²) in [6.07, 6.45) is 3.77. The number of methoxy groups -OCH3 is 1. The molecule has 4 heterocycles. The van der Waals surface area contributed by atoms with Gasteiger partial charge in [-0.15, -0.1) is 16.4 Å². The van der Waals surface area contributed by atoms with E-state index in [1.54, 1.807) is 18.4 Å². The molecule has 0 aliphatic carbocycles. The van der Waals surface area contributed by atoms with Gasteiger partial charge >= 0.3 is 0 Å². The van der Waals surface area contributed by atoms with Crippen molar-refractivity contribution in [3.63, 3.8) is 0 Å². The second-order valence-electron chi connectivity index (χ2n) is 6.97. The topological polar surface area (TPSA) is 64.8 Å². The molecule has 1 atom stereocenters. The van der Waals surface area contributed by atoms with Crippen LogP contribution in [0.15, 0.2) is 54.2 Å². The first-order chi connectivity index (χ1) is 14.3. The van der Waals surface area contributed by atoms with Crippen LogP contribution in [0.2, 0.25) is 0 Å². The SMILES string of the molecule is COc1ccc(-c2ccc3c([C@@H]4CN(Cc5nccs5)CCO4)nnn3c2)cc1. The van der Waals surface area contributed by atoms with Crippen molar-refractivity contribution in [3.8, 4) is 16.9 Å². The molecule has 1 fully saturated rings. The lowest BCUT2D eigenvalue weighted by atomic mass is 10.1. The van der Waals surface area contributed by atoms with Crippen LogP contribution >= 0.6 is 11.3 Å². The fourth-order valence-corrected chi connectivity index (χ4v) is 4.29. The van der Waals surface area contributed by atoms with Crippen LogP contribution in [-0.4, -0.2) is 51.5 Å². The van der Waals surface area contributed by atoms with E-state index in [0.717, 1.165) is 52.7 Å². The molecule has 0 unspecified atom stereocenters. The van der Waals surface area contributed by atoms with Gasteiger partial charge in [-0.25, -0.2) is 9.50 Å². The normalized spacial score (nSPS) is 17.6. The summed E-state index contributed by atoms with van der Waals surface area (Å²) >= 11 is 1.69. The van der Waals surface area contributed by atoms with Crippen molar-refractivity contribution in [2.45, 2.75) is 12.6 Å². The van der Waals surface area contributed by atoms with E-state index in [0.29, 0.717) is 6.61 Å². The third-order valence-electron chi connectivity index (χ3n) is 5.16. The van der Waals surface area contributed by atoms with Crippen molar-refractivity contribution in [2.24, 2.45) is 0 Å². The molecule has 29 heavy (non-hydrogen) atoms. The van der Waals surface area contributed by atoms with Gasteiger partial charge in [0, 0.05) is 36.4 Å². The molecule has 0 saturated carbocycles. The molecule has 0 amide bonds. The third-order valence-corrected chi connectivity index (χ3v) is 5.93. The molecule has 0 bridgehead atoms. The zero-order chi connectivity index (χ0) is 19.6. The highest BCUT2D eigenvalue weighted by Gasteiger charge is 2.26. The minimum absolute atomic E-state index is 0.0898. The molecule has 8 heteroatoms. The van der Waals surface area contributed by atoms with E-state index >= 15 is 0 Å². The predicted molar refractivity (Wildman–Crippen MR) is 111 cm³/mol. The second-order valence-corrected chi connectivity index (χ2v) is 7.95. The van der Waals surface area contributed by atoms with Gasteiger partial charge in [0.05, 0.1) is 25.8 Å². The van der Waals surface area contributed by atoms with Gasteiger partial charge in [-0.2, -0.15) is 0 Å². The summed E-state index contributed by atoms with van der Waals surface area (Å²) in [6, 6.07) is 12.2. The summed E-state index contributed by atoms with van der Waals surface area (Å²) in [5.74, 6) is 0.842. The van der Waals surface area contributed by atoms with E-state index in [1.165, 1.54) is 0 Å². The van der Waals surface area contributed by atoms with Crippen LogP contribution in [0.1, 0.15) is 16.8 Å². The molecule has 0 N–H and O–H groups in total. The maximum atomic E-state index is 6.03. The molecule has 1 aliphatic heterocycles. The Bertz CT molecular complexity index is 1090. The highest BCUT2D eigenvalue weighted by Crippen LogP contribution is 2.28. The molecule has 3 aromatic heterocycles. The van der Waals surface area contributed by atoms with Gasteiger partial charge in [0.2, 0.25) is 0 Å². The van der Waals surface area contributed by atoms with Crippen LogP contribution in [0.25, 0.3) is 16.6 Å². The quantitative estimate of drug-likeness (QED) is 0.505. The Morgan fingerprint density at radius 1 is 1.17 bits per heavy atom. The smallest absolute Gasteiger partial charge is 0.121 e. The van der Waals surface area contributed by atoms with Gasteiger partial charge in [0.25, 0.3) is 0 Å². The highest BCUT2D eigenvalue weighted by molar-refractivity contribution is 7.09. The minimum atomic E-state index is -0.0898. The average molecular weight is 407 g/mol. The fraction of sp³-hybridized carbons (Fsp3) is 0.286. The monoisotopic (exact) mass is 407 g/mol. The number of hydrogen-bond acceptors (Lipinski definition) is 7. The van der Waals surface area contributed by atoms with E-state index < -0.39 is 0 Å². The number of thiazole rings is 1. The standard InChI is InChI=1S/C21H21N5O2S/c1-27-17-5-2-15(3-6-17)16-4-7-18-21(23-24-26(18)12-16)19-13-25(9-10-28-19)14-20-22-8-11-29-20/h2-8,11-12,19H,9-10,13-14H2,1H3/t19-/m0/s1. The van der Waals surface area contributed by atoms with Gasteiger partial charge in [-0.3, -0.25) is 4.90 Å². The van der Waals surface area contributed by atoms with Crippen LogP contribution in [0.4, 0.5) is 0 Å². The largest absolute Gasteiger partial charge is 0.497 e. The van der Waals surface area contributed by atoms with Crippen LogP contribution < -0.4 is 4.74 Å². The lowest BCUT2D eigenvalue weighted by molar-refractivity contribution is -0.0343. The number of benzene rings is 1. The Balaban J connectivity index is 1.37. The number of morpholine rings is 1. The molecule has 5 rings (SSSR count). The van der Waals surface area contributed by atoms with Crippen molar-refractivity contribution in [1.29, 1.82) is 0 Å². The molecule has 148 valence electrons. The molecule has 1 aliphatic rings. The lowest BCUT2D eigenvalue weighted by Gasteiger charge is -2.31. The summed E-state index contributed by atoms with van der Waals surface area (Å²) in [6.45, 7) is 3.21. The molecular formula is C21H21N5O2S. The second kappa shape index (κ2) is 7.90. The van der Waals surface area contributed by atoms with Gasteiger partial charge in [-0.1, -0.05) is 23.4 Å². The maximum Gasteiger partial charge on any atom is 0.121 e. The molecule has 7 nitrogen and oxygen atoms in total. The Hall–Kier alpha value is -2.81. The van der Waals surface area contributed by atoms with Crippen molar-refractivity contribution in [1.82, 2.24) is 24.7 Å². The number of ether oxygens (including phenoxy) is 2. The molecule has 0 spiro atoms. The number of rotatable bonds is 5. The van der Waals surface area contributed by atoms with E-state index in [4.69, 9.17) is 9.47 Å². The summed E-state index contributed by atoms with van der Waals surface area (Å²) in [4.78, 5) is 6.76. The van der Waals surface area contributed by atoms with Gasteiger partial charge in [-0.05, 0) is 23.8 Å². The maximum absolute atomic E-state index is 6.03. The first-order valence-corrected chi connectivity index (χ1v) is 10.4. The first kappa shape index (κ1) is 18.2. The number of pyridine rings is 1. The predicted octanol–water partition coefficient (Wildman–Crippen LogP) is 3.43. The summed E-state index contributed by atoms with van der Waals surface area (Å²) < 4.78 is 13.1. The lowest BCUT2D eigenvalue weighted by Crippen LogP contribution is -2.38. The third kappa shape index (κ3) is 3.74.